The van der Waals surface area contributed by atoms with Crippen molar-refractivity contribution in [3.8, 4) is 17.2 Å². The van der Waals surface area contributed by atoms with Crippen LogP contribution in [0.25, 0.3) is 6.08 Å². The molecule has 1 N–H and O–H groups in total. The zero-order chi connectivity index (χ0) is 27.3. The second kappa shape index (κ2) is 8.29. The number of carbonyl (C=O) groups is 2. The molecule has 4 heterocycles. The van der Waals surface area contributed by atoms with Crippen molar-refractivity contribution >= 4 is 17.6 Å². The number of hydrogen-bond donors (Lipinski definition) is 1. The Bertz CT molecular complexity index is 1380. The Morgan fingerprint density at radius 2 is 1.95 bits per heavy atom. The van der Waals surface area contributed by atoms with E-state index in [1.54, 1.807) is 0 Å². The second-order valence-electron chi connectivity index (χ2n) is 12.5. The molecule has 4 aliphatic heterocycles. The highest BCUT2D eigenvalue weighted by atomic mass is 16.6. The number of hydrogen-bond acceptors (Lipinski definition) is 8. The van der Waals surface area contributed by atoms with Gasteiger partial charge in [-0.15, -0.1) is 0 Å². The molecule has 1 saturated carbocycles. The number of morpholine rings is 1. The molecule has 2 saturated heterocycles. The summed E-state index contributed by atoms with van der Waals surface area (Å²) in [6.45, 7) is 11.8. The molecule has 8 nitrogen and oxygen atoms in total. The van der Waals surface area contributed by atoms with Crippen LogP contribution >= 0.6 is 0 Å². The molecule has 1 aromatic rings. The van der Waals surface area contributed by atoms with Gasteiger partial charge < -0.3 is 24.1 Å². The average Bonchev–Trinajstić information content (AvgIpc) is 3.17. The van der Waals surface area contributed by atoms with Crippen LogP contribution in [0.3, 0.4) is 0 Å². The fourth-order valence-corrected chi connectivity index (χ4v) is 7.61. The third kappa shape index (κ3) is 3.28. The molecule has 0 aromatic heterocycles. The predicted octanol–water partition coefficient (Wildman–Crippen LogP) is 3.72. The van der Waals surface area contributed by atoms with E-state index in [1.807, 2.05) is 52.0 Å². The van der Waals surface area contributed by atoms with Crippen molar-refractivity contribution in [1.29, 1.82) is 0 Å². The van der Waals surface area contributed by atoms with E-state index in [1.165, 1.54) is 6.07 Å². The SMILES string of the molecule is CC(C)=CC[C@@]12OC[C@@H]3[C@@H](CN4CCOCC4)[C@@H](C=C4C(=O)c5c(O)cc6c(c5O[C@]431)C=CC(C)(C)O6)C2=O. The molecule has 1 spiro atoms. The first-order valence-electron chi connectivity index (χ1n) is 13.9. The number of aromatic hydroxyl groups is 1. The highest BCUT2D eigenvalue weighted by Crippen LogP contribution is 2.66. The van der Waals surface area contributed by atoms with E-state index in [9.17, 15) is 14.7 Å². The number of rotatable bonds is 4. The molecule has 39 heavy (non-hydrogen) atoms. The zero-order valence-electron chi connectivity index (χ0n) is 22.9. The lowest BCUT2D eigenvalue weighted by atomic mass is 9.49. The van der Waals surface area contributed by atoms with E-state index in [4.69, 9.17) is 18.9 Å². The van der Waals surface area contributed by atoms with Crippen LogP contribution in [0.4, 0.5) is 0 Å². The lowest BCUT2D eigenvalue weighted by Gasteiger charge is -2.59. The minimum absolute atomic E-state index is 0.0195. The molecule has 3 fully saturated rings. The number of phenolic OH excluding ortho intramolecular Hbond substituents is 1. The van der Waals surface area contributed by atoms with Gasteiger partial charge in [0.2, 0.25) is 0 Å². The number of Topliss-reactive ketones (excluding diaryl/α,β-unsaturated/α-hetero) is 2. The molecule has 0 radical (unpaired) electrons. The van der Waals surface area contributed by atoms with Crippen LogP contribution in [0.1, 0.15) is 50.0 Å². The van der Waals surface area contributed by atoms with Gasteiger partial charge in [0.05, 0.1) is 25.4 Å². The van der Waals surface area contributed by atoms with Crippen LogP contribution in [-0.4, -0.2) is 77.8 Å². The summed E-state index contributed by atoms with van der Waals surface area (Å²) in [6.07, 6.45) is 7.97. The summed E-state index contributed by atoms with van der Waals surface area (Å²) in [7, 11) is 0. The van der Waals surface area contributed by atoms with E-state index in [2.05, 4.69) is 4.90 Å². The molecule has 1 aromatic carbocycles. The summed E-state index contributed by atoms with van der Waals surface area (Å²) in [5, 5.41) is 11.1. The third-order valence-corrected chi connectivity index (χ3v) is 9.45. The second-order valence-corrected chi connectivity index (χ2v) is 12.5. The number of ether oxygens (including phenoxy) is 4. The highest BCUT2D eigenvalue weighted by Gasteiger charge is 2.79. The maximum absolute atomic E-state index is 14.4. The Hall–Kier alpha value is -2.94. The van der Waals surface area contributed by atoms with Crippen LogP contribution in [0, 0.1) is 17.8 Å². The van der Waals surface area contributed by atoms with Gasteiger partial charge in [0, 0.05) is 49.5 Å². The number of phenols is 1. The quantitative estimate of drug-likeness (QED) is 0.586. The van der Waals surface area contributed by atoms with Gasteiger partial charge in [-0.2, -0.15) is 0 Å². The molecule has 8 heteroatoms. The van der Waals surface area contributed by atoms with Gasteiger partial charge in [0.1, 0.15) is 28.4 Å². The summed E-state index contributed by atoms with van der Waals surface area (Å²) < 4.78 is 25.3. The largest absolute Gasteiger partial charge is 0.507 e. The number of fused-ring (bicyclic) bond motifs is 3. The third-order valence-electron chi connectivity index (χ3n) is 9.45. The first-order valence-corrected chi connectivity index (χ1v) is 13.9. The topological polar surface area (TPSA) is 94.5 Å². The number of allylic oxidation sites excluding steroid dienone is 2. The molecule has 0 unspecified atom stereocenters. The van der Waals surface area contributed by atoms with Crippen molar-refractivity contribution in [2.24, 2.45) is 17.8 Å². The van der Waals surface area contributed by atoms with Crippen molar-refractivity contribution < 1.29 is 33.6 Å². The molecule has 0 amide bonds. The summed E-state index contributed by atoms with van der Waals surface area (Å²) in [5.74, 6) is -0.496. The number of nitrogens with zero attached hydrogens (tertiary/aromatic N) is 1. The van der Waals surface area contributed by atoms with E-state index in [0.29, 0.717) is 49.7 Å². The van der Waals surface area contributed by atoms with E-state index in [0.717, 1.165) is 18.7 Å². The Morgan fingerprint density at radius 1 is 1.18 bits per heavy atom. The van der Waals surface area contributed by atoms with Crippen molar-refractivity contribution in [3.63, 3.8) is 0 Å². The molecule has 206 valence electrons. The molecule has 8 rings (SSSR count). The molecule has 5 atom stereocenters. The minimum Gasteiger partial charge on any atom is -0.507 e. The van der Waals surface area contributed by atoms with Crippen LogP contribution in [0.2, 0.25) is 0 Å². The summed E-state index contributed by atoms with van der Waals surface area (Å²) in [6, 6.07) is 1.50. The van der Waals surface area contributed by atoms with Crippen LogP contribution in [-0.2, 0) is 14.3 Å². The number of ketones is 2. The van der Waals surface area contributed by atoms with Crippen molar-refractivity contribution in [1.82, 2.24) is 4.90 Å². The molecule has 3 aliphatic carbocycles. The fraction of sp³-hybridized carbons (Fsp3) is 0.548. The van der Waals surface area contributed by atoms with Gasteiger partial charge in [-0.05, 0) is 45.8 Å². The minimum atomic E-state index is -1.31. The fourth-order valence-electron chi connectivity index (χ4n) is 7.61. The van der Waals surface area contributed by atoms with Crippen molar-refractivity contribution in [2.45, 2.75) is 50.9 Å². The van der Waals surface area contributed by atoms with Crippen molar-refractivity contribution in [3.05, 3.63) is 46.6 Å². The number of benzene rings is 1. The Morgan fingerprint density at radius 3 is 2.69 bits per heavy atom. The molecule has 4 bridgehead atoms. The van der Waals surface area contributed by atoms with Gasteiger partial charge in [0.25, 0.3) is 0 Å². The molecular weight excluding hydrogens is 498 g/mol. The van der Waals surface area contributed by atoms with E-state index < -0.39 is 22.7 Å². The Kier molecular flexibility index (Phi) is 5.32. The van der Waals surface area contributed by atoms with Gasteiger partial charge in [-0.25, -0.2) is 0 Å². The molecule has 7 aliphatic rings. The molecular formula is C31H35NO7. The Balaban J connectivity index is 1.42. The van der Waals surface area contributed by atoms with Crippen LogP contribution in [0.5, 0.6) is 17.2 Å². The van der Waals surface area contributed by atoms with Gasteiger partial charge in [-0.3, -0.25) is 14.5 Å². The first kappa shape index (κ1) is 25.1. The Labute approximate surface area is 228 Å². The van der Waals surface area contributed by atoms with Gasteiger partial charge in [0.15, 0.2) is 22.8 Å². The lowest BCUT2D eigenvalue weighted by molar-refractivity contribution is -0.171. The van der Waals surface area contributed by atoms with Gasteiger partial charge in [-0.1, -0.05) is 17.7 Å². The smallest absolute Gasteiger partial charge is 0.200 e. The van der Waals surface area contributed by atoms with Crippen LogP contribution < -0.4 is 9.47 Å². The summed E-state index contributed by atoms with van der Waals surface area (Å²) in [4.78, 5) is 31.0. The average molecular weight is 534 g/mol. The summed E-state index contributed by atoms with van der Waals surface area (Å²) in [5.41, 5.74) is -0.938. The van der Waals surface area contributed by atoms with Crippen molar-refractivity contribution in [2.75, 3.05) is 39.5 Å². The normalized spacial score (nSPS) is 35.4. The van der Waals surface area contributed by atoms with E-state index in [-0.39, 0.29) is 40.5 Å². The van der Waals surface area contributed by atoms with Crippen LogP contribution in [0.15, 0.2) is 35.4 Å². The highest BCUT2D eigenvalue weighted by molar-refractivity contribution is 6.18. The maximum Gasteiger partial charge on any atom is 0.200 e. The van der Waals surface area contributed by atoms with Gasteiger partial charge >= 0.3 is 0 Å². The lowest BCUT2D eigenvalue weighted by Crippen LogP contribution is -2.74. The monoisotopic (exact) mass is 533 g/mol. The predicted molar refractivity (Wildman–Crippen MR) is 143 cm³/mol. The number of carbonyl (C=O) groups excluding carboxylic acids is 2. The first-order chi connectivity index (χ1) is 18.6. The summed E-state index contributed by atoms with van der Waals surface area (Å²) >= 11 is 0. The van der Waals surface area contributed by atoms with E-state index >= 15 is 0 Å². The zero-order valence-corrected chi connectivity index (χ0v) is 22.9. The maximum atomic E-state index is 14.4. The standard InChI is InChI=1S/C31H35NO7/c1-17(2)5-8-30-28(35)19-13-21-26(34)25-23(33)14-24-18(6-7-29(3,4)38-24)27(25)39-31(21,30)22(16-37-30)20(19)15-32-9-11-36-12-10-32/h5-7,13-14,19-20,22,33H,8-12,15-16H2,1-4H3/t19-,20+,22-,30+,31-/m1/s1.